The number of aromatic nitrogens is 2. The molecule has 0 atom stereocenters. The van der Waals surface area contributed by atoms with Gasteiger partial charge in [0.05, 0.1) is 0 Å². The summed E-state index contributed by atoms with van der Waals surface area (Å²) < 4.78 is 0. The fraction of sp³-hybridized carbons (Fsp3) is 0.615. The first kappa shape index (κ1) is 13.6. The zero-order valence-corrected chi connectivity index (χ0v) is 11.0. The number of carboxylic acid groups (broad SMARTS) is 1. The molecule has 104 valence electrons. The summed E-state index contributed by atoms with van der Waals surface area (Å²) in [6.45, 7) is 2.72. The average Bonchev–Trinajstić information content (AvgIpc) is 2.45. The standard InChI is InChI=1S/C13H20N4O2/c18-13(19)5-4-6-14-11-9-12(16-10-15-11)17-7-2-1-3-8-17/h9-10H,1-8H2,(H,18,19)(H,14,15,16). The number of piperidine rings is 1. The van der Waals surface area contributed by atoms with Crippen LogP contribution in [0.5, 0.6) is 0 Å². The molecule has 1 fully saturated rings. The van der Waals surface area contributed by atoms with E-state index in [0.717, 1.165) is 24.7 Å². The Kier molecular flexibility index (Phi) is 4.94. The van der Waals surface area contributed by atoms with Crippen molar-refractivity contribution in [3.8, 4) is 0 Å². The van der Waals surface area contributed by atoms with Gasteiger partial charge in [-0.25, -0.2) is 9.97 Å². The third kappa shape index (κ3) is 4.39. The van der Waals surface area contributed by atoms with E-state index in [0.29, 0.717) is 13.0 Å². The third-order valence-electron chi connectivity index (χ3n) is 3.21. The molecule has 1 aliphatic rings. The number of aliphatic carboxylic acids is 1. The van der Waals surface area contributed by atoms with E-state index >= 15 is 0 Å². The van der Waals surface area contributed by atoms with Crippen LogP contribution in [-0.2, 0) is 4.79 Å². The van der Waals surface area contributed by atoms with Gasteiger partial charge >= 0.3 is 5.97 Å². The number of rotatable bonds is 6. The molecule has 2 rings (SSSR count). The molecule has 2 N–H and O–H groups in total. The molecule has 0 aromatic carbocycles. The smallest absolute Gasteiger partial charge is 0.303 e. The summed E-state index contributed by atoms with van der Waals surface area (Å²) in [5.74, 6) is 0.954. The SMILES string of the molecule is O=C(O)CCCNc1cc(N2CCCCC2)ncn1. The highest BCUT2D eigenvalue weighted by Gasteiger charge is 2.12. The van der Waals surface area contributed by atoms with Crippen LogP contribution in [0.3, 0.4) is 0 Å². The van der Waals surface area contributed by atoms with Gasteiger partial charge < -0.3 is 15.3 Å². The Labute approximate surface area is 112 Å². The van der Waals surface area contributed by atoms with Gasteiger partial charge in [0.25, 0.3) is 0 Å². The van der Waals surface area contributed by atoms with E-state index in [9.17, 15) is 4.79 Å². The van der Waals surface area contributed by atoms with Gasteiger partial charge in [0.2, 0.25) is 0 Å². The van der Waals surface area contributed by atoms with Crippen LogP contribution in [0.15, 0.2) is 12.4 Å². The summed E-state index contributed by atoms with van der Waals surface area (Å²) >= 11 is 0. The van der Waals surface area contributed by atoms with Gasteiger partial charge in [-0.2, -0.15) is 0 Å². The lowest BCUT2D eigenvalue weighted by molar-refractivity contribution is -0.137. The van der Waals surface area contributed by atoms with Crippen LogP contribution >= 0.6 is 0 Å². The molecule has 0 spiro atoms. The minimum atomic E-state index is -0.765. The van der Waals surface area contributed by atoms with Crippen LogP contribution in [-0.4, -0.2) is 40.7 Å². The third-order valence-corrected chi connectivity index (χ3v) is 3.21. The van der Waals surface area contributed by atoms with Gasteiger partial charge in [0.1, 0.15) is 18.0 Å². The van der Waals surface area contributed by atoms with E-state index in [4.69, 9.17) is 5.11 Å². The molecule has 0 radical (unpaired) electrons. The van der Waals surface area contributed by atoms with E-state index < -0.39 is 5.97 Å². The first-order chi connectivity index (χ1) is 9.25. The molecule has 1 aromatic heterocycles. The van der Waals surface area contributed by atoms with Crippen molar-refractivity contribution < 1.29 is 9.90 Å². The number of carboxylic acids is 1. The monoisotopic (exact) mass is 264 g/mol. The summed E-state index contributed by atoms with van der Waals surface area (Å²) in [6.07, 6.45) is 6.05. The molecular formula is C13H20N4O2. The molecule has 2 heterocycles. The largest absolute Gasteiger partial charge is 0.481 e. The van der Waals surface area contributed by atoms with Crippen molar-refractivity contribution in [3.05, 3.63) is 12.4 Å². The van der Waals surface area contributed by atoms with Crippen molar-refractivity contribution in [1.29, 1.82) is 0 Å². The molecular weight excluding hydrogens is 244 g/mol. The summed E-state index contributed by atoms with van der Waals surface area (Å²) in [6, 6.07) is 1.94. The van der Waals surface area contributed by atoms with Crippen LogP contribution in [0.2, 0.25) is 0 Å². The average molecular weight is 264 g/mol. The highest BCUT2D eigenvalue weighted by Crippen LogP contribution is 2.18. The van der Waals surface area contributed by atoms with E-state index in [1.165, 1.54) is 19.3 Å². The maximum atomic E-state index is 10.4. The number of nitrogens with zero attached hydrogens (tertiary/aromatic N) is 3. The fourth-order valence-electron chi connectivity index (χ4n) is 2.20. The van der Waals surface area contributed by atoms with Gasteiger partial charge in [0.15, 0.2) is 0 Å². The summed E-state index contributed by atoms with van der Waals surface area (Å²) in [7, 11) is 0. The Hall–Kier alpha value is -1.85. The zero-order valence-electron chi connectivity index (χ0n) is 11.0. The second-order valence-electron chi connectivity index (χ2n) is 4.73. The first-order valence-corrected chi connectivity index (χ1v) is 6.78. The Morgan fingerprint density at radius 2 is 2.11 bits per heavy atom. The van der Waals surface area contributed by atoms with Crippen molar-refractivity contribution >= 4 is 17.6 Å². The second kappa shape index (κ2) is 6.92. The molecule has 0 unspecified atom stereocenters. The molecule has 1 aliphatic heterocycles. The van der Waals surface area contributed by atoms with E-state index in [1.807, 2.05) is 6.07 Å². The van der Waals surface area contributed by atoms with Gasteiger partial charge in [-0.05, 0) is 25.7 Å². The van der Waals surface area contributed by atoms with Crippen molar-refractivity contribution in [1.82, 2.24) is 9.97 Å². The van der Waals surface area contributed by atoms with E-state index in [1.54, 1.807) is 6.33 Å². The molecule has 1 aromatic rings. The quantitative estimate of drug-likeness (QED) is 0.762. The molecule has 0 saturated carbocycles. The lowest BCUT2D eigenvalue weighted by atomic mass is 10.1. The lowest BCUT2D eigenvalue weighted by Crippen LogP contribution is -2.30. The summed E-state index contributed by atoms with van der Waals surface area (Å²) in [5, 5.41) is 11.7. The number of nitrogens with one attached hydrogen (secondary N) is 1. The van der Waals surface area contributed by atoms with Crippen molar-refractivity contribution in [3.63, 3.8) is 0 Å². The van der Waals surface area contributed by atoms with E-state index in [2.05, 4.69) is 20.2 Å². The van der Waals surface area contributed by atoms with Crippen molar-refractivity contribution in [2.75, 3.05) is 29.9 Å². The minimum Gasteiger partial charge on any atom is -0.481 e. The molecule has 19 heavy (non-hydrogen) atoms. The number of hydrogen-bond donors (Lipinski definition) is 2. The normalized spacial score (nSPS) is 15.3. The van der Waals surface area contributed by atoms with Gasteiger partial charge in [0, 0.05) is 32.1 Å². The minimum absolute atomic E-state index is 0.178. The molecule has 0 bridgehead atoms. The van der Waals surface area contributed by atoms with Crippen LogP contribution in [0.4, 0.5) is 11.6 Å². The highest BCUT2D eigenvalue weighted by atomic mass is 16.4. The predicted octanol–water partition coefficient (Wildman–Crippen LogP) is 1.74. The number of carbonyl (C=O) groups is 1. The maximum absolute atomic E-state index is 10.4. The van der Waals surface area contributed by atoms with Crippen molar-refractivity contribution in [2.45, 2.75) is 32.1 Å². The predicted molar refractivity (Wildman–Crippen MR) is 73.5 cm³/mol. The molecule has 0 amide bonds. The Morgan fingerprint density at radius 3 is 2.84 bits per heavy atom. The lowest BCUT2D eigenvalue weighted by Gasteiger charge is -2.27. The zero-order chi connectivity index (χ0) is 13.5. The van der Waals surface area contributed by atoms with Gasteiger partial charge in [-0.15, -0.1) is 0 Å². The summed E-state index contributed by atoms with van der Waals surface area (Å²) in [4.78, 5) is 21.1. The Morgan fingerprint density at radius 1 is 1.32 bits per heavy atom. The summed E-state index contributed by atoms with van der Waals surface area (Å²) in [5.41, 5.74) is 0. The van der Waals surface area contributed by atoms with E-state index in [-0.39, 0.29) is 6.42 Å². The van der Waals surface area contributed by atoms with Crippen molar-refractivity contribution in [2.24, 2.45) is 0 Å². The second-order valence-corrected chi connectivity index (χ2v) is 4.73. The Balaban J connectivity index is 1.85. The molecule has 6 heteroatoms. The molecule has 6 nitrogen and oxygen atoms in total. The van der Waals surface area contributed by atoms with Crippen LogP contribution < -0.4 is 10.2 Å². The first-order valence-electron chi connectivity index (χ1n) is 6.78. The number of hydrogen-bond acceptors (Lipinski definition) is 5. The van der Waals surface area contributed by atoms with Crippen LogP contribution in [0.1, 0.15) is 32.1 Å². The Bertz CT molecular complexity index is 419. The maximum Gasteiger partial charge on any atom is 0.303 e. The van der Waals surface area contributed by atoms with Crippen LogP contribution in [0, 0.1) is 0 Å². The van der Waals surface area contributed by atoms with Gasteiger partial charge in [-0.1, -0.05) is 0 Å². The highest BCUT2D eigenvalue weighted by molar-refractivity contribution is 5.66. The fourth-order valence-corrected chi connectivity index (χ4v) is 2.20. The van der Waals surface area contributed by atoms with Gasteiger partial charge in [-0.3, -0.25) is 4.79 Å². The number of anilines is 2. The molecule has 1 saturated heterocycles. The topological polar surface area (TPSA) is 78.4 Å². The molecule has 0 aliphatic carbocycles. The van der Waals surface area contributed by atoms with Crippen LogP contribution in [0.25, 0.3) is 0 Å².